The van der Waals surface area contributed by atoms with Gasteiger partial charge >= 0.3 is 5.78 Å². The van der Waals surface area contributed by atoms with E-state index < -0.39 is 24.2 Å². The summed E-state index contributed by atoms with van der Waals surface area (Å²) in [6.45, 7) is 4.45. The molecule has 5 aliphatic rings. The lowest BCUT2D eigenvalue weighted by molar-refractivity contribution is 0.142. The Morgan fingerprint density at radius 3 is 2.56 bits per heavy atom. The second-order valence-electron chi connectivity index (χ2n) is 19.1. The molecule has 1 unspecified atom stereocenters. The summed E-state index contributed by atoms with van der Waals surface area (Å²) in [4.78, 5) is 19.9. The Bertz CT molecular complexity index is 2910. The van der Waals surface area contributed by atoms with Crippen molar-refractivity contribution in [3.8, 4) is 39.9 Å². The predicted molar refractivity (Wildman–Crippen MR) is 276 cm³/mol. The first-order valence-electron chi connectivity index (χ1n) is 25.0. The smallest absolute Gasteiger partial charge is 0.335 e. The number of nitrogens with one attached hydrogen (secondary N) is 1. The standard InChI is InChI=1S/C59H62N3O9/c1-3-42-31-49-40-11-7-10-37(28-40)13-21-48-55-54(52(67)32-53(71-55)39-15-18-44(64)19-16-39)57(69-27-24-45(65)17-12-36-8-5-4-6-9-36)58(68-2)56(48)70-35-41(34-63)46-22-23-51(66)50-30-38(14-20-47(46)50)29-43-33-60-25-26-62(43)59(49)61-42/h4-12,14-20,22-23,28,30-31,41,43,45-46,51,53,60,63-66H,3,13,21,24-27,29,32-35H2,1-2H3/q-1/p+1/b17-12+/t41-,43-,45+,46+,51-,53?/m1/s1. The van der Waals surface area contributed by atoms with E-state index in [2.05, 4.69) is 65.7 Å². The molecular weight excluding hydrogens is 895 g/mol. The first-order chi connectivity index (χ1) is 34.7. The molecule has 6 N–H and O–H groups in total. The Morgan fingerprint density at radius 1 is 0.915 bits per heavy atom. The third kappa shape index (κ3) is 10.1. The maximum Gasteiger partial charge on any atom is 0.335 e. The van der Waals surface area contributed by atoms with Crippen LogP contribution in [-0.2, 0) is 25.7 Å². The number of anilines is 1. The van der Waals surface area contributed by atoms with Crippen LogP contribution in [0, 0.1) is 5.92 Å². The van der Waals surface area contributed by atoms with Crippen LogP contribution in [0.5, 0.6) is 28.7 Å². The van der Waals surface area contributed by atoms with Gasteiger partial charge in [0.2, 0.25) is 5.75 Å². The number of hydrogen-bond acceptors (Lipinski definition) is 10. The van der Waals surface area contributed by atoms with Gasteiger partial charge in [-0.15, -0.1) is 0 Å². The van der Waals surface area contributed by atoms with E-state index in [1.165, 1.54) is 7.11 Å². The third-order valence-electron chi connectivity index (χ3n) is 14.5. The number of aryl methyl sites for hydroxylation is 2. The number of nitrogens with zero attached hydrogens (tertiary/aromatic N) is 2. The average molecular weight is 958 g/mol. The summed E-state index contributed by atoms with van der Waals surface area (Å²) in [5, 5.41) is 47.6. The van der Waals surface area contributed by atoms with Crippen molar-refractivity contribution in [3.63, 3.8) is 0 Å². The van der Waals surface area contributed by atoms with Crippen LogP contribution >= 0.6 is 0 Å². The van der Waals surface area contributed by atoms with Crippen LogP contribution < -0.4 is 34.1 Å². The van der Waals surface area contributed by atoms with Crippen molar-refractivity contribution in [2.45, 2.75) is 75.7 Å². The SMILES string of the molecule is CCc1cc2c([n-]1)N1CCNC[C@H]1Cc1ccc3c(c1)[C@H](O)C=C[C@H]3[C@H](CO)COc1c(c3c(c(OCC[C@@H](O)/C=C/c4ccccc4)c1OC)C(=[OH+])CC(c1ccc(O)cc1)O3)CCc1cccc-2c1. The highest BCUT2D eigenvalue weighted by atomic mass is 16.5. The number of phenolic OH excluding ortho intramolecular Hbond substituents is 1. The zero-order valence-electron chi connectivity index (χ0n) is 40.3. The van der Waals surface area contributed by atoms with E-state index >= 15 is 0 Å². The maximum absolute atomic E-state index is 12.2. The molecule has 368 valence electrons. The van der Waals surface area contributed by atoms with E-state index in [1.54, 1.807) is 36.4 Å². The van der Waals surface area contributed by atoms with Gasteiger partial charge in [-0.05, 0) is 108 Å². The molecule has 0 spiro atoms. The third-order valence-corrected chi connectivity index (χ3v) is 14.5. The van der Waals surface area contributed by atoms with Crippen molar-refractivity contribution in [1.29, 1.82) is 0 Å². The predicted octanol–water partition coefficient (Wildman–Crippen LogP) is 8.34. The van der Waals surface area contributed by atoms with E-state index in [4.69, 9.17) is 23.9 Å². The van der Waals surface area contributed by atoms with E-state index in [1.807, 2.05) is 42.5 Å². The number of allylic oxidation sites excluding steroid dienone is 1. The van der Waals surface area contributed by atoms with Gasteiger partial charge in [-0.2, -0.15) is 0 Å². The Morgan fingerprint density at radius 2 is 1.76 bits per heavy atom. The fourth-order valence-electron chi connectivity index (χ4n) is 10.7. The molecule has 1 aromatic heterocycles. The zero-order valence-corrected chi connectivity index (χ0v) is 40.3. The highest BCUT2D eigenvalue weighted by Crippen LogP contribution is 2.54. The van der Waals surface area contributed by atoms with Gasteiger partial charge in [-0.25, -0.2) is 0 Å². The molecule has 12 heteroatoms. The summed E-state index contributed by atoms with van der Waals surface area (Å²) >= 11 is 0. The van der Waals surface area contributed by atoms with Crippen molar-refractivity contribution >= 4 is 17.7 Å². The molecule has 0 radical (unpaired) electrons. The number of rotatable bonds is 10. The van der Waals surface area contributed by atoms with E-state index in [9.17, 15) is 25.2 Å². The van der Waals surface area contributed by atoms with E-state index in [0.717, 1.165) is 88.5 Å². The highest BCUT2D eigenvalue weighted by Gasteiger charge is 2.42. The summed E-state index contributed by atoms with van der Waals surface area (Å²) in [6.07, 6.45) is 7.93. The van der Waals surface area contributed by atoms with Gasteiger partial charge < -0.3 is 54.6 Å². The summed E-state index contributed by atoms with van der Waals surface area (Å²) in [7, 11) is 1.54. The topological polar surface area (TPSA) is 169 Å². The van der Waals surface area contributed by atoms with Crippen LogP contribution in [0.2, 0.25) is 0 Å². The van der Waals surface area contributed by atoms with Gasteiger partial charge in [0, 0.05) is 23.8 Å². The first kappa shape index (κ1) is 47.8. The molecular formula is C59H63N3O9. The van der Waals surface area contributed by atoms with Crippen molar-refractivity contribution in [3.05, 3.63) is 172 Å². The summed E-state index contributed by atoms with van der Waals surface area (Å²) in [5.74, 6) is 1.56. The number of ether oxygens (including phenoxy) is 4. The number of phenols is 1. The molecule has 6 bridgehead atoms. The second-order valence-corrected chi connectivity index (χ2v) is 19.1. The molecule has 1 fully saturated rings. The molecule has 71 heavy (non-hydrogen) atoms. The lowest BCUT2D eigenvalue weighted by Gasteiger charge is -2.45. The van der Waals surface area contributed by atoms with Gasteiger partial charge in [0.25, 0.3) is 0 Å². The van der Waals surface area contributed by atoms with E-state index in [0.29, 0.717) is 35.5 Å². The molecule has 11 rings (SSSR count). The molecule has 0 saturated carbocycles. The van der Waals surface area contributed by atoms with Crippen LogP contribution in [-0.4, -0.2) is 89.7 Å². The molecule has 4 aliphatic heterocycles. The van der Waals surface area contributed by atoms with Crippen molar-refractivity contribution in [2.75, 3.05) is 51.5 Å². The molecule has 1 saturated heterocycles. The summed E-state index contributed by atoms with van der Waals surface area (Å²) < 4.78 is 26.9. The van der Waals surface area contributed by atoms with Crippen LogP contribution in [0.4, 0.5) is 5.82 Å². The Hall–Kier alpha value is -6.83. The minimum atomic E-state index is -0.831. The highest BCUT2D eigenvalue weighted by molar-refractivity contribution is 6.05. The van der Waals surface area contributed by atoms with Gasteiger partial charge in [0.15, 0.2) is 17.1 Å². The molecule has 6 aromatic rings. The number of piperazine rings is 1. The summed E-state index contributed by atoms with van der Waals surface area (Å²) in [6, 6.07) is 33.8. The van der Waals surface area contributed by atoms with Crippen LogP contribution in [0.1, 0.15) is 88.1 Å². The normalized spacial score (nSPS) is 21.3. The largest absolute Gasteiger partial charge is 0.508 e. The zero-order chi connectivity index (χ0) is 49.0. The lowest BCUT2D eigenvalue weighted by Crippen LogP contribution is -2.52. The van der Waals surface area contributed by atoms with Gasteiger partial charge in [0.05, 0.1) is 39.1 Å². The average Bonchev–Trinajstić information content (AvgIpc) is 3.83. The molecule has 5 aromatic carbocycles. The number of aromatic hydroxyl groups is 1. The number of aromatic nitrogens is 1. The van der Waals surface area contributed by atoms with Crippen molar-refractivity contribution in [1.82, 2.24) is 10.3 Å². The number of ketones is 1. The van der Waals surface area contributed by atoms with E-state index in [-0.39, 0.29) is 67.7 Å². The minimum absolute atomic E-state index is 0.0303. The minimum Gasteiger partial charge on any atom is -0.508 e. The fourth-order valence-corrected chi connectivity index (χ4v) is 10.7. The number of aliphatic hydroxyl groups excluding tert-OH is 3. The van der Waals surface area contributed by atoms with Crippen LogP contribution in [0.15, 0.2) is 121 Å². The van der Waals surface area contributed by atoms with Gasteiger partial charge in [-0.3, -0.25) is 4.79 Å². The molecule has 6 atom stereocenters. The van der Waals surface area contributed by atoms with Crippen LogP contribution in [0.3, 0.4) is 0 Å². The number of fused-ring (bicyclic) bond motifs is 5. The molecule has 0 amide bonds. The Balaban J connectivity index is 1.10. The Kier molecular flexibility index (Phi) is 14.3. The fraction of sp³-hybridized carbons (Fsp3) is 0.339. The monoisotopic (exact) mass is 957 g/mol. The number of methoxy groups -OCH3 is 1. The quantitative estimate of drug-likeness (QED) is 0.0662. The Labute approximate surface area is 415 Å². The molecule has 12 nitrogen and oxygen atoms in total. The first-order valence-corrected chi connectivity index (χ1v) is 25.0. The molecule has 5 heterocycles. The number of carbonyl (C=O) groups excluding carboxylic acids is 1. The maximum atomic E-state index is 12.2. The number of aliphatic hydroxyl groups is 3. The lowest BCUT2D eigenvalue weighted by atomic mass is 9.78. The number of hydrogen-bond donors (Lipinski definition) is 5. The van der Waals surface area contributed by atoms with Gasteiger partial charge in [0.1, 0.15) is 24.0 Å². The van der Waals surface area contributed by atoms with Crippen LogP contribution in [0.25, 0.3) is 17.2 Å². The second kappa shape index (κ2) is 21.3. The van der Waals surface area contributed by atoms with Crippen molar-refractivity contribution < 1.29 is 44.2 Å². The molecule has 1 aliphatic carbocycles. The van der Waals surface area contributed by atoms with Gasteiger partial charge in [-0.1, -0.05) is 134 Å². The summed E-state index contributed by atoms with van der Waals surface area (Å²) in [5.41, 5.74) is 9.78. The number of benzene rings is 5. The van der Waals surface area contributed by atoms with Crippen molar-refractivity contribution in [2.24, 2.45) is 5.92 Å².